The van der Waals surface area contributed by atoms with E-state index < -0.39 is 11.6 Å². The first-order chi connectivity index (χ1) is 9.76. The van der Waals surface area contributed by atoms with Crippen LogP contribution < -0.4 is 5.32 Å². The van der Waals surface area contributed by atoms with Crippen molar-refractivity contribution in [2.24, 2.45) is 0 Å². The minimum atomic E-state index is -0.521. The summed E-state index contributed by atoms with van der Waals surface area (Å²) in [5.74, 6) is -0.526. The summed E-state index contributed by atoms with van der Waals surface area (Å²) in [5.41, 5.74) is 1.93. The average molecular weight is 291 g/mol. The SMILES string of the molecule is Cc1ccc(CCCC(=O)NCC(=O)OC(C)(C)C)cc1. The summed E-state index contributed by atoms with van der Waals surface area (Å²) >= 11 is 0. The van der Waals surface area contributed by atoms with Gasteiger partial charge in [-0.2, -0.15) is 0 Å². The van der Waals surface area contributed by atoms with Crippen LogP contribution in [-0.2, 0) is 20.7 Å². The molecule has 0 aromatic heterocycles. The van der Waals surface area contributed by atoms with Crippen molar-refractivity contribution >= 4 is 11.9 Å². The summed E-state index contributed by atoms with van der Waals surface area (Å²) < 4.78 is 5.12. The number of rotatable bonds is 6. The molecule has 1 aromatic rings. The normalized spacial score (nSPS) is 11.0. The summed E-state index contributed by atoms with van der Waals surface area (Å²) in [7, 11) is 0. The Morgan fingerprint density at radius 3 is 2.33 bits per heavy atom. The third kappa shape index (κ3) is 8.12. The summed E-state index contributed by atoms with van der Waals surface area (Å²) in [5, 5.41) is 2.59. The fourth-order valence-electron chi connectivity index (χ4n) is 1.84. The Hall–Kier alpha value is -1.84. The number of esters is 1. The maximum absolute atomic E-state index is 11.6. The molecule has 1 N–H and O–H groups in total. The first-order valence-corrected chi connectivity index (χ1v) is 7.30. The average Bonchev–Trinajstić information content (AvgIpc) is 2.37. The van der Waals surface area contributed by atoms with Gasteiger partial charge in [-0.05, 0) is 46.1 Å². The van der Waals surface area contributed by atoms with Crippen molar-refractivity contribution in [3.63, 3.8) is 0 Å². The Balaban J connectivity index is 2.19. The Morgan fingerprint density at radius 2 is 1.76 bits per heavy atom. The van der Waals surface area contributed by atoms with E-state index >= 15 is 0 Å². The Kier molecular flexibility index (Phi) is 6.40. The molecule has 0 spiro atoms. The molecule has 0 heterocycles. The van der Waals surface area contributed by atoms with Gasteiger partial charge in [0.1, 0.15) is 12.1 Å². The lowest BCUT2D eigenvalue weighted by Gasteiger charge is -2.19. The molecule has 21 heavy (non-hydrogen) atoms. The van der Waals surface area contributed by atoms with Crippen molar-refractivity contribution in [1.82, 2.24) is 5.32 Å². The molecule has 116 valence electrons. The van der Waals surface area contributed by atoms with Crippen molar-refractivity contribution in [3.05, 3.63) is 35.4 Å². The minimum absolute atomic E-state index is 0.0688. The number of carbonyl (C=O) groups is 2. The molecule has 4 heteroatoms. The van der Waals surface area contributed by atoms with Gasteiger partial charge in [0.15, 0.2) is 0 Å². The van der Waals surface area contributed by atoms with Gasteiger partial charge in [0.05, 0.1) is 0 Å². The van der Waals surface area contributed by atoms with E-state index in [9.17, 15) is 9.59 Å². The molecule has 0 saturated carbocycles. The molecule has 0 saturated heterocycles. The Morgan fingerprint density at radius 1 is 1.14 bits per heavy atom. The number of carbonyl (C=O) groups excluding carboxylic acids is 2. The van der Waals surface area contributed by atoms with Crippen LogP contribution in [0.4, 0.5) is 0 Å². The van der Waals surface area contributed by atoms with Crippen LogP contribution in [0.5, 0.6) is 0 Å². The predicted molar refractivity (Wildman–Crippen MR) is 83.0 cm³/mol. The van der Waals surface area contributed by atoms with Gasteiger partial charge in [0, 0.05) is 6.42 Å². The van der Waals surface area contributed by atoms with E-state index in [1.165, 1.54) is 11.1 Å². The van der Waals surface area contributed by atoms with Crippen molar-refractivity contribution in [3.8, 4) is 0 Å². The molecule has 0 radical (unpaired) electrons. The second-order valence-electron chi connectivity index (χ2n) is 6.20. The van der Waals surface area contributed by atoms with E-state index in [1.807, 2.05) is 6.92 Å². The van der Waals surface area contributed by atoms with E-state index in [4.69, 9.17) is 4.74 Å². The van der Waals surface area contributed by atoms with Crippen LogP contribution >= 0.6 is 0 Å². The smallest absolute Gasteiger partial charge is 0.325 e. The van der Waals surface area contributed by atoms with Gasteiger partial charge >= 0.3 is 5.97 Å². The van der Waals surface area contributed by atoms with Crippen LogP contribution in [0.2, 0.25) is 0 Å². The highest BCUT2D eigenvalue weighted by Gasteiger charge is 2.16. The number of amides is 1. The molecule has 0 aliphatic rings. The highest BCUT2D eigenvalue weighted by Crippen LogP contribution is 2.08. The predicted octanol–water partition coefficient (Wildman–Crippen LogP) is 2.78. The second-order valence-corrected chi connectivity index (χ2v) is 6.20. The number of ether oxygens (including phenoxy) is 1. The summed E-state index contributed by atoms with van der Waals surface area (Å²) in [4.78, 5) is 23.1. The molecule has 1 amide bonds. The first-order valence-electron chi connectivity index (χ1n) is 7.30. The quantitative estimate of drug-likeness (QED) is 0.820. The molecule has 0 bridgehead atoms. The lowest BCUT2D eigenvalue weighted by Crippen LogP contribution is -2.34. The molecule has 4 nitrogen and oxygen atoms in total. The zero-order valence-corrected chi connectivity index (χ0v) is 13.4. The van der Waals surface area contributed by atoms with Gasteiger partial charge < -0.3 is 10.1 Å². The monoisotopic (exact) mass is 291 g/mol. The van der Waals surface area contributed by atoms with Crippen molar-refractivity contribution in [2.75, 3.05) is 6.54 Å². The Labute approximate surface area is 126 Å². The molecular formula is C17H25NO3. The lowest BCUT2D eigenvalue weighted by atomic mass is 10.1. The molecule has 0 aliphatic heterocycles. The Bertz CT molecular complexity index is 472. The minimum Gasteiger partial charge on any atom is -0.459 e. The largest absolute Gasteiger partial charge is 0.459 e. The summed E-state index contributed by atoms with van der Waals surface area (Å²) in [6.45, 7) is 7.38. The second kappa shape index (κ2) is 7.81. The topological polar surface area (TPSA) is 55.4 Å². The standard InChI is InChI=1S/C17H25NO3/c1-13-8-10-14(11-9-13)6-5-7-15(19)18-12-16(20)21-17(2,3)4/h8-11H,5-7,12H2,1-4H3,(H,18,19). The van der Waals surface area contributed by atoms with Crippen LogP contribution in [0.25, 0.3) is 0 Å². The highest BCUT2D eigenvalue weighted by molar-refractivity contribution is 5.81. The molecule has 0 aliphatic carbocycles. The van der Waals surface area contributed by atoms with Gasteiger partial charge in [-0.15, -0.1) is 0 Å². The fraction of sp³-hybridized carbons (Fsp3) is 0.529. The molecule has 1 aromatic carbocycles. The number of hydrogen-bond donors (Lipinski definition) is 1. The van der Waals surface area contributed by atoms with Crippen LogP contribution in [0.1, 0.15) is 44.7 Å². The van der Waals surface area contributed by atoms with Crippen molar-refractivity contribution < 1.29 is 14.3 Å². The molecular weight excluding hydrogens is 266 g/mol. The zero-order valence-electron chi connectivity index (χ0n) is 13.4. The summed E-state index contributed by atoms with van der Waals surface area (Å²) in [6.07, 6.45) is 2.04. The van der Waals surface area contributed by atoms with Crippen LogP contribution in [0.15, 0.2) is 24.3 Å². The number of benzene rings is 1. The summed E-state index contributed by atoms with van der Waals surface area (Å²) in [6, 6.07) is 8.29. The van der Waals surface area contributed by atoms with Gasteiger partial charge in [-0.25, -0.2) is 0 Å². The molecule has 1 rings (SSSR count). The third-order valence-electron chi connectivity index (χ3n) is 2.84. The lowest BCUT2D eigenvalue weighted by molar-refractivity contribution is -0.154. The molecule has 0 fully saturated rings. The maximum atomic E-state index is 11.6. The van der Waals surface area contributed by atoms with E-state index in [0.29, 0.717) is 6.42 Å². The van der Waals surface area contributed by atoms with Crippen LogP contribution in [-0.4, -0.2) is 24.0 Å². The fourth-order valence-corrected chi connectivity index (χ4v) is 1.84. The van der Waals surface area contributed by atoms with Gasteiger partial charge in [-0.1, -0.05) is 29.8 Å². The van der Waals surface area contributed by atoms with Gasteiger partial charge in [0.25, 0.3) is 0 Å². The number of hydrogen-bond acceptors (Lipinski definition) is 3. The maximum Gasteiger partial charge on any atom is 0.325 e. The molecule has 0 atom stereocenters. The van der Waals surface area contributed by atoms with Crippen LogP contribution in [0, 0.1) is 6.92 Å². The zero-order chi connectivity index (χ0) is 15.9. The number of nitrogens with one attached hydrogen (secondary N) is 1. The van der Waals surface area contributed by atoms with E-state index in [2.05, 4.69) is 29.6 Å². The number of aryl methyl sites for hydroxylation is 2. The van der Waals surface area contributed by atoms with Gasteiger partial charge in [-0.3, -0.25) is 9.59 Å². The van der Waals surface area contributed by atoms with E-state index in [0.717, 1.165) is 12.8 Å². The first kappa shape index (κ1) is 17.2. The third-order valence-corrected chi connectivity index (χ3v) is 2.84. The molecule has 0 unspecified atom stereocenters. The van der Waals surface area contributed by atoms with E-state index in [-0.39, 0.29) is 12.5 Å². The van der Waals surface area contributed by atoms with E-state index in [1.54, 1.807) is 20.8 Å². The van der Waals surface area contributed by atoms with Crippen molar-refractivity contribution in [1.29, 1.82) is 0 Å². The van der Waals surface area contributed by atoms with Gasteiger partial charge in [0.2, 0.25) is 5.91 Å². The highest BCUT2D eigenvalue weighted by atomic mass is 16.6. The van der Waals surface area contributed by atoms with Crippen LogP contribution in [0.3, 0.4) is 0 Å². The van der Waals surface area contributed by atoms with Crippen molar-refractivity contribution in [2.45, 2.75) is 52.6 Å².